The summed E-state index contributed by atoms with van der Waals surface area (Å²) >= 11 is 0. The zero-order valence-electron chi connectivity index (χ0n) is 20.1. The Morgan fingerprint density at radius 3 is 2.00 bits per heavy atom. The summed E-state index contributed by atoms with van der Waals surface area (Å²) in [5.41, 5.74) is 3.25. The number of aryl methyl sites for hydroxylation is 2. The van der Waals surface area contributed by atoms with Crippen molar-refractivity contribution in [1.82, 2.24) is 0 Å². The highest BCUT2D eigenvalue weighted by Gasteiger charge is 2.15. The lowest BCUT2D eigenvalue weighted by Gasteiger charge is -2.11. The van der Waals surface area contributed by atoms with Crippen molar-refractivity contribution < 1.29 is 22.6 Å². The number of rotatable bonds is 10. The Bertz CT molecular complexity index is 1330. The fraction of sp³-hybridized carbons (Fsp3) is 0.161. The summed E-state index contributed by atoms with van der Waals surface area (Å²) in [4.78, 5) is 0. The maximum atomic E-state index is 14.8. The first-order chi connectivity index (χ1) is 17.5. The monoisotopic (exact) mass is 488 g/mol. The summed E-state index contributed by atoms with van der Waals surface area (Å²) in [5.74, 6) is -0.950. The molecule has 4 rings (SSSR count). The van der Waals surface area contributed by atoms with E-state index in [0.717, 1.165) is 11.1 Å². The Balaban J connectivity index is 1.43. The highest BCUT2D eigenvalue weighted by atomic mass is 19.2. The quantitative estimate of drug-likeness (QED) is 0.210. The second kappa shape index (κ2) is 11.6. The number of hydrogen-bond acceptors (Lipinski definition) is 2. The van der Waals surface area contributed by atoms with Crippen molar-refractivity contribution in [3.8, 4) is 33.8 Å². The smallest absolute Gasteiger partial charge is 0.166 e. The maximum absolute atomic E-state index is 14.8. The van der Waals surface area contributed by atoms with Crippen LogP contribution in [0.4, 0.5) is 13.2 Å². The first kappa shape index (κ1) is 25.1. The second-order valence-corrected chi connectivity index (χ2v) is 8.30. The van der Waals surface area contributed by atoms with Gasteiger partial charge in [-0.15, -0.1) is 0 Å². The molecule has 0 saturated heterocycles. The Kier molecular flexibility index (Phi) is 8.11. The van der Waals surface area contributed by atoms with E-state index in [-0.39, 0.29) is 11.4 Å². The van der Waals surface area contributed by atoms with Gasteiger partial charge in [-0.3, -0.25) is 0 Å². The summed E-state index contributed by atoms with van der Waals surface area (Å²) in [6, 6.07) is 22.3. The van der Waals surface area contributed by atoms with Crippen LogP contribution < -0.4 is 9.47 Å². The topological polar surface area (TPSA) is 18.5 Å². The van der Waals surface area contributed by atoms with E-state index in [1.807, 2.05) is 31.2 Å². The molecule has 0 aliphatic carbocycles. The third-order valence-corrected chi connectivity index (χ3v) is 5.89. The predicted octanol–water partition coefficient (Wildman–Crippen LogP) is 8.19. The highest BCUT2D eigenvalue weighted by molar-refractivity contribution is 5.66. The molecule has 5 heteroatoms. The van der Waals surface area contributed by atoms with Crippen LogP contribution in [0.1, 0.15) is 18.1 Å². The van der Waals surface area contributed by atoms with E-state index in [4.69, 9.17) is 9.47 Å². The lowest BCUT2D eigenvalue weighted by atomic mass is 9.97. The van der Waals surface area contributed by atoms with Gasteiger partial charge in [0.05, 0.1) is 6.61 Å². The van der Waals surface area contributed by atoms with E-state index in [1.165, 1.54) is 6.07 Å². The zero-order chi connectivity index (χ0) is 25.5. The van der Waals surface area contributed by atoms with Gasteiger partial charge in [0.2, 0.25) is 0 Å². The summed E-state index contributed by atoms with van der Waals surface area (Å²) in [7, 11) is 0. The van der Waals surface area contributed by atoms with E-state index in [1.54, 1.807) is 54.6 Å². The van der Waals surface area contributed by atoms with Crippen molar-refractivity contribution in [3.63, 3.8) is 0 Å². The van der Waals surface area contributed by atoms with Crippen LogP contribution in [-0.2, 0) is 12.8 Å². The molecule has 0 radical (unpaired) electrons. The fourth-order valence-electron chi connectivity index (χ4n) is 4.01. The Hall–Kier alpha value is -3.99. The molecule has 4 aromatic carbocycles. The van der Waals surface area contributed by atoms with Gasteiger partial charge in [-0.1, -0.05) is 61.2 Å². The van der Waals surface area contributed by atoms with Crippen molar-refractivity contribution in [1.29, 1.82) is 0 Å². The third kappa shape index (κ3) is 5.80. The first-order valence-corrected chi connectivity index (χ1v) is 11.8. The Morgan fingerprint density at radius 1 is 0.694 bits per heavy atom. The average molecular weight is 489 g/mol. The van der Waals surface area contributed by atoms with Gasteiger partial charge < -0.3 is 9.47 Å². The van der Waals surface area contributed by atoms with Crippen LogP contribution in [0.3, 0.4) is 0 Å². The molecule has 0 heterocycles. The molecule has 0 bridgehead atoms. The summed E-state index contributed by atoms with van der Waals surface area (Å²) < 4.78 is 55.0. The van der Waals surface area contributed by atoms with E-state index >= 15 is 0 Å². The van der Waals surface area contributed by atoms with Gasteiger partial charge in [0.25, 0.3) is 0 Å². The summed E-state index contributed by atoms with van der Waals surface area (Å²) in [6.45, 7) is 6.31. The largest absolute Gasteiger partial charge is 0.494 e. The van der Waals surface area contributed by atoms with Crippen LogP contribution in [0.2, 0.25) is 0 Å². The molecule has 0 aromatic heterocycles. The lowest BCUT2D eigenvalue weighted by molar-refractivity contribution is 0.340. The molecule has 0 saturated carbocycles. The number of ether oxygens (including phenoxy) is 2. The third-order valence-electron chi connectivity index (χ3n) is 5.89. The molecule has 0 aliphatic rings. The molecular formula is C31H27F3O2. The molecule has 36 heavy (non-hydrogen) atoms. The van der Waals surface area contributed by atoms with Crippen molar-refractivity contribution >= 4 is 0 Å². The molecule has 4 aromatic rings. The van der Waals surface area contributed by atoms with Gasteiger partial charge in [0, 0.05) is 17.2 Å². The number of hydrogen-bond donors (Lipinski definition) is 0. The van der Waals surface area contributed by atoms with E-state index in [2.05, 4.69) is 6.58 Å². The predicted molar refractivity (Wildman–Crippen MR) is 138 cm³/mol. The number of benzene rings is 4. The van der Waals surface area contributed by atoms with Crippen LogP contribution in [0, 0.1) is 17.5 Å². The van der Waals surface area contributed by atoms with Gasteiger partial charge in [0.15, 0.2) is 11.6 Å². The standard InChI is InChI=1S/C31H27F3O2/c1-3-19-36-26-16-18-27(29(32)20-26)22-8-5-21(6-9-22)7-10-24-13-17-28(31(34)30(24)33)23-11-14-25(15-12-23)35-4-2/h3,5-6,8-9,11-18,20H,1,4,7,10,19H2,2H3. The molecule has 0 amide bonds. The van der Waals surface area contributed by atoms with Crippen LogP contribution in [0.5, 0.6) is 11.5 Å². The van der Waals surface area contributed by atoms with Gasteiger partial charge in [-0.05, 0) is 66.3 Å². The maximum Gasteiger partial charge on any atom is 0.166 e. The van der Waals surface area contributed by atoms with Gasteiger partial charge in [-0.25, -0.2) is 13.2 Å². The molecule has 0 spiro atoms. The molecule has 0 fully saturated rings. The van der Waals surface area contributed by atoms with Crippen molar-refractivity contribution in [3.05, 3.63) is 120 Å². The minimum atomic E-state index is -0.858. The van der Waals surface area contributed by atoms with E-state index < -0.39 is 11.6 Å². The van der Waals surface area contributed by atoms with Gasteiger partial charge >= 0.3 is 0 Å². The average Bonchev–Trinajstić information content (AvgIpc) is 2.90. The normalized spacial score (nSPS) is 10.8. The molecule has 0 atom stereocenters. The van der Waals surface area contributed by atoms with Crippen LogP contribution in [-0.4, -0.2) is 13.2 Å². The first-order valence-electron chi connectivity index (χ1n) is 11.8. The molecule has 184 valence electrons. The fourth-order valence-corrected chi connectivity index (χ4v) is 4.01. The Labute approximate surface area is 209 Å². The van der Waals surface area contributed by atoms with Crippen molar-refractivity contribution in [2.24, 2.45) is 0 Å². The zero-order valence-corrected chi connectivity index (χ0v) is 20.1. The van der Waals surface area contributed by atoms with Crippen molar-refractivity contribution in [2.75, 3.05) is 13.2 Å². The SMILES string of the molecule is C=CCOc1ccc(-c2ccc(CCc3ccc(-c4ccc(OCC)cc4)c(F)c3F)cc2)c(F)c1. The molecule has 0 N–H and O–H groups in total. The minimum absolute atomic E-state index is 0.214. The molecule has 0 unspecified atom stereocenters. The second-order valence-electron chi connectivity index (χ2n) is 8.30. The Morgan fingerprint density at radius 2 is 1.33 bits per heavy atom. The summed E-state index contributed by atoms with van der Waals surface area (Å²) in [6.07, 6.45) is 2.46. The number of halogens is 3. The van der Waals surface area contributed by atoms with Gasteiger partial charge in [0.1, 0.15) is 23.9 Å². The summed E-state index contributed by atoms with van der Waals surface area (Å²) in [5, 5.41) is 0. The van der Waals surface area contributed by atoms with E-state index in [9.17, 15) is 13.2 Å². The van der Waals surface area contributed by atoms with Gasteiger partial charge in [-0.2, -0.15) is 0 Å². The minimum Gasteiger partial charge on any atom is -0.494 e. The van der Waals surface area contributed by atoms with Crippen LogP contribution in [0.15, 0.2) is 91.5 Å². The van der Waals surface area contributed by atoms with Crippen LogP contribution in [0.25, 0.3) is 22.3 Å². The molecule has 0 aliphatic heterocycles. The lowest BCUT2D eigenvalue weighted by Crippen LogP contribution is -2.00. The van der Waals surface area contributed by atoms with E-state index in [0.29, 0.717) is 54.2 Å². The molecule has 2 nitrogen and oxygen atoms in total. The highest BCUT2D eigenvalue weighted by Crippen LogP contribution is 2.30. The van der Waals surface area contributed by atoms with Crippen molar-refractivity contribution in [2.45, 2.75) is 19.8 Å². The molecular weight excluding hydrogens is 461 g/mol. The van der Waals surface area contributed by atoms with Crippen LogP contribution >= 0.6 is 0 Å².